The summed E-state index contributed by atoms with van der Waals surface area (Å²) in [6.45, 7) is 10.7. The second kappa shape index (κ2) is 15.6. The van der Waals surface area contributed by atoms with Crippen molar-refractivity contribution in [3.8, 4) is 0 Å². The van der Waals surface area contributed by atoms with Crippen LogP contribution in [0.1, 0.15) is 118 Å². The summed E-state index contributed by atoms with van der Waals surface area (Å²) >= 11 is 0. The van der Waals surface area contributed by atoms with Crippen LogP contribution in [0.15, 0.2) is 0 Å². The van der Waals surface area contributed by atoms with Crippen molar-refractivity contribution in [1.82, 2.24) is 0 Å². The van der Waals surface area contributed by atoms with Crippen LogP contribution in [0.3, 0.4) is 0 Å². The Hall–Kier alpha value is -0.120. The second-order valence-electron chi connectivity index (χ2n) is 9.87. The SMILES string of the molecule is CCCCCCC1CCC(C2CCC(C(CC(OCC)OCC)OCC)CC2)CC1. The maximum atomic E-state index is 6.19. The van der Waals surface area contributed by atoms with E-state index in [9.17, 15) is 0 Å². The van der Waals surface area contributed by atoms with Crippen molar-refractivity contribution in [2.45, 2.75) is 130 Å². The lowest BCUT2D eigenvalue weighted by atomic mass is 9.68. The monoisotopic (exact) mass is 424 g/mol. The number of rotatable bonds is 15. The van der Waals surface area contributed by atoms with Crippen LogP contribution in [0.4, 0.5) is 0 Å². The number of hydrogen-bond acceptors (Lipinski definition) is 3. The van der Waals surface area contributed by atoms with Gasteiger partial charge in [0, 0.05) is 26.2 Å². The standard InChI is InChI=1S/C27H52O3/c1-5-9-10-11-12-22-13-15-23(16-14-22)24-17-19-25(20-18-24)26(28-6-2)21-27(29-7-3)30-8-4/h22-27H,5-21H2,1-4H3. The van der Waals surface area contributed by atoms with Gasteiger partial charge in [0.25, 0.3) is 0 Å². The summed E-state index contributed by atoms with van der Waals surface area (Å²) in [4.78, 5) is 0. The van der Waals surface area contributed by atoms with E-state index < -0.39 is 0 Å². The number of ether oxygens (including phenoxy) is 3. The molecule has 0 heterocycles. The highest BCUT2D eigenvalue weighted by molar-refractivity contribution is 4.85. The third-order valence-electron chi connectivity index (χ3n) is 7.88. The Morgan fingerprint density at radius 3 is 1.73 bits per heavy atom. The average molecular weight is 425 g/mol. The molecule has 3 nitrogen and oxygen atoms in total. The highest BCUT2D eigenvalue weighted by atomic mass is 16.7. The molecule has 0 amide bonds. The van der Waals surface area contributed by atoms with Gasteiger partial charge >= 0.3 is 0 Å². The molecule has 3 heteroatoms. The molecule has 0 saturated heterocycles. The van der Waals surface area contributed by atoms with E-state index in [2.05, 4.69) is 13.8 Å². The molecule has 2 fully saturated rings. The Morgan fingerprint density at radius 2 is 1.20 bits per heavy atom. The third-order valence-corrected chi connectivity index (χ3v) is 7.88. The lowest BCUT2D eigenvalue weighted by molar-refractivity contribution is -0.164. The molecular weight excluding hydrogens is 372 g/mol. The molecule has 1 unspecified atom stereocenters. The van der Waals surface area contributed by atoms with E-state index in [1.165, 1.54) is 83.5 Å². The van der Waals surface area contributed by atoms with E-state index in [1.807, 2.05) is 13.8 Å². The third kappa shape index (κ3) is 9.17. The van der Waals surface area contributed by atoms with E-state index in [0.29, 0.717) is 19.1 Å². The molecule has 0 radical (unpaired) electrons. The Kier molecular flexibility index (Phi) is 13.6. The highest BCUT2D eigenvalue weighted by Crippen LogP contribution is 2.43. The molecule has 0 N–H and O–H groups in total. The van der Waals surface area contributed by atoms with Crippen molar-refractivity contribution in [3.05, 3.63) is 0 Å². The molecule has 0 spiro atoms. The highest BCUT2D eigenvalue weighted by Gasteiger charge is 2.34. The number of unbranched alkanes of at least 4 members (excludes halogenated alkanes) is 3. The fourth-order valence-corrected chi connectivity index (χ4v) is 6.15. The summed E-state index contributed by atoms with van der Waals surface area (Å²) in [5.74, 6) is 3.69. The topological polar surface area (TPSA) is 27.7 Å². The molecule has 2 rings (SSSR count). The predicted octanol–water partition coefficient (Wildman–Crippen LogP) is 7.76. The molecule has 2 aliphatic carbocycles. The molecule has 2 aliphatic rings. The predicted molar refractivity (Wildman–Crippen MR) is 127 cm³/mol. The van der Waals surface area contributed by atoms with Gasteiger partial charge in [-0.2, -0.15) is 0 Å². The molecular formula is C27H52O3. The minimum absolute atomic E-state index is 0.109. The van der Waals surface area contributed by atoms with Crippen molar-refractivity contribution in [2.24, 2.45) is 23.7 Å². The van der Waals surface area contributed by atoms with Crippen LogP contribution >= 0.6 is 0 Å². The summed E-state index contributed by atoms with van der Waals surface area (Å²) in [5, 5.41) is 0. The van der Waals surface area contributed by atoms with Crippen LogP contribution in [0.25, 0.3) is 0 Å². The molecule has 2 saturated carbocycles. The average Bonchev–Trinajstić information content (AvgIpc) is 2.77. The zero-order chi connectivity index (χ0) is 21.6. The Morgan fingerprint density at radius 1 is 0.633 bits per heavy atom. The van der Waals surface area contributed by atoms with E-state index in [0.717, 1.165) is 30.8 Å². The Bertz CT molecular complexity index is 391. The smallest absolute Gasteiger partial charge is 0.160 e. The first-order chi connectivity index (χ1) is 14.7. The van der Waals surface area contributed by atoms with E-state index in [-0.39, 0.29) is 12.4 Å². The largest absolute Gasteiger partial charge is 0.378 e. The summed E-state index contributed by atoms with van der Waals surface area (Å²) in [6, 6.07) is 0. The molecule has 0 bridgehead atoms. The van der Waals surface area contributed by atoms with E-state index in [1.54, 1.807) is 0 Å². The van der Waals surface area contributed by atoms with Crippen molar-refractivity contribution in [1.29, 1.82) is 0 Å². The molecule has 0 aromatic heterocycles. The van der Waals surface area contributed by atoms with Crippen molar-refractivity contribution in [3.63, 3.8) is 0 Å². The Labute approximate surface area is 188 Å². The van der Waals surface area contributed by atoms with Gasteiger partial charge in [-0.15, -0.1) is 0 Å². The lowest BCUT2D eigenvalue weighted by Crippen LogP contribution is -2.35. The van der Waals surface area contributed by atoms with Crippen LogP contribution in [0.2, 0.25) is 0 Å². The first-order valence-electron chi connectivity index (χ1n) is 13.6. The summed E-state index contributed by atoms with van der Waals surface area (Å²) in [5.41, 5.74) is 0. The lowest BCUT2D eigenvalue weighted by Gasteiger charge is -2.40. The fourth-order valence-electron chi connectivity index (χ4n) is 6.15. The van der Waals surface area contributed by atoms with Gasteiger partial charge in [0.2, 0.25) is 0 Å². The van der Waals surface area contributed by atoms with Gasteiger partial charge in [0.1, 0.15) is 0 Å². The molecule has 178 valence electrons. The fraction of sp³-hybridized carbons (Fsp3) is 1.00. The first kappa shape index (κ1) is 26.1. The Balaban J connectivity index is 1.72. The molecule has 0 aromatic carbocycles. The second-order valence-corrected chi connectivity index (χ2v) is 9.87. The van der Waals surface area contributed by atoms with Gasteiger partial charge in [-0.05, 0) is 83.0 Å². The van der Waals surface area contributed by atoms with Gasteiger partial charge in [0.15, 0.2) is 6.29 Å². The van der Waals surface area contributed by atoms with Crippen LogP contribution < -0.4 is 0 Å². The van der Waals surface area contributed by atoms with Crippen LogP contribution in [-0.4, -0.2) is 32.2 Å². The van der Waals surface area contributed by atoms with Crippen LogP contribution in [0.5, 0.6) is 0 Å². The first-order valence-corrected chi connectivity index (χ1v) is 13.6. The zero-order valence-electron chi connectivity index (χ0n) is 20.7. The molecule has 0 aromatic rings. The van der Waals surface area contributed by atoms with Gasteiger partial charge in [0.05, 0.1) is 6.10 Å². The number of hydrogen-bond donors (Lipinski definition) is 0. The summed E-state index contributed by atoms with van der Waals surface area (Å²) < 4.78 is 17.8. The molecule has 1 atom stereocenters. The molecule has 30 heavy (non-hydrogen) atoms. The van der Waals surface area contributed by atoms with E-state index >= 15 is 0 Å². The maximum Gasteiger partial charge on any atom is 0.160 e. The summed E-state index contributed by atoms with van der Waals surface area (Å²) in [6.07, 6.45) is 19.8. The van der Waals surface area contributed by atoms with Gasteiger partial charge in [-0.1, -0.05) is 51.9 Å². The van der Waals surface area contributed by atoms with Gasteiger partial charge in [-0.3, -0.25) is 0 Å². The molecule has 0 aliphatic heterocycles. The minimum Gasteiger partial charge on any atom is -0.378 e. The normalized spacial score (nSPS) is 28.7. The van der Waals surface area contributed by atoms with Gasteiger partial charge < -0.3 is 14.2 Å². The van der Waals surface area contributed by atoms with Crippen molar-refractivity contribution >= 4 is 0 Å². The van der Waals surface area contributed by atoms with E-state index in [4.69, 9.17) is 14.2 Å². The van der Waals surface area contributed by atoms with Crippen LogP contribution in [0, 0.1) is 23.7 Å². The van der Waals surface area contributed by atoms with Crippen molar-refractivity contribution < 1.29 is 14.2 Å². The zero-order valence-corrected chi connectivity index (χ0v) is 20.7. The van der Waals surface area contributed by atoms with Crippen LogP contribution in [-0.2, 0) is 14.2 Å². The summed E-state index contributed by atoms with van der Waals surface area (Å²) in [7, 11) is 0. The quantitative estimate of drug-likeness (QED) is 0.198. The van der Waals surface area contributed by atoms with Gasteiger partial charge in [-0.25, -0.2) is 0 Å². The van der Waals surface area contributed by atoms with Crippen molar-refractivity contribution in [2.75, 3.05) is 19.8 Å². The maximum absolute atomic E-state index is 6.19. The minimum atomic E-state index is -0.109.